The first-order valence-corrected chi connectivity index (χ1v) is 7.79. The molecule has 0 fully saturated rings. The molecule has 0 aromatic heterocycles. The maximum absolute atomic E-state index is 11.8. The van der Waals surface area contributed by atoms with Gasteiger partial charge in [0.15, 0.2) is 11.6 Å². The van der Waals surface area contributed by atoms with Crippen LogP contribution in [0.25, 0.3) is 0 Å². The Morgan fingerprint density at radius 2 is 1.88 bits per heavy atom. The molecule has 7 nitrogen and oxygen atoms in total. The molecule has 0 aliphatic heterocycles. The van der Waals surface area contributed by atoms with Crippen molar-refractivity contribution < 1.29 is 34.1 Å². The monoisotopic (exact) mass is 338 g/mol. The lowest BCUT2D eigenvalue weighted by Crippen LogP contribution is -2.05. The van der Waals surface area contributed by atoms with E-state index in [9.17, 15) is 24.3 Å². The second-order valence-corrected chi connectivity index (χ2v) is 5.55. The SMILES string of the molecule is COC(=O)CCCCC(=O)C=CC1=C(CCC(=O)O)C(=O)CC1O. The third-order valence-corrected chi connectivity index (χ3v) is 3.74. The summed E-state index contributed by atoms with van der Waals surface area (Å²) in [5, 5.41) is 18.6. The minimum absolute atomic E-state index is 0.0399. The van der Waals surface area contributed by atoms with Gasteiger partial charge in [0, 0.05) is 31.3 Å². The van der Waals surface area contributed by atoms with Gasteiger partial charge in [0.1, 0.15) is 0 Å². The summed E-state index contributed by atoms with van der Waals surface area (Å²) in [6.07, 6.45) is 3.02. The molecule has 0 saturated heterocycles. The Bertz CT molecular complexity index is 571. The van der Waals surface area contributed by atoms with Gasteiger partial charge < -0.3 is 14.9 Å². The molecular formula is C17H22O7. The molecule has 0 aromatic carbocycles. The summed E-state index contributed by atoms with van der Waals surface area (Å²) < 4.78 is 4.50. The van der Waals surface area contributed by atoms with Gasteiger partial charge in [-0.2, -0.15) is 0 Å². The normalized spacial score (nSPS) is 17.6. The summed E-state index contributed by atoms with van der Waals surface area (Å²) >= 11 is 0. The van der Waals surface area contributed by atoms with Gasteiger partial charge in [0.2, 0.25) is 0 Å². The molecule has 0 saturated carbocycles. The summed E-state index contributed by atoms with van der Waals surface area (Å²) in [6, 6.07) is 0. The maximum Gasteiger partial charge on any atom is 0.305 e. The average molecular weight is 338 g/mol. The fourth-order valence-corrected chi connectivity index (χ4v) is 2.43. The van der Waals surface area contributed by atoms with E-state index in [1.165, 1.54) is 19.3 Å². The second kappa shape index (κ2) is 9.77. The Balaban J connectivity index is 2.57. The Kier molecular flexibility index (Phi) is 8.05. The average Bonchev–Trinajstić information content (AvgIpc) is 2.80. The van der Waals surface area contributed by atoms with Crippen molar-refractivity contribution >= 4 is 23.5 Å². The van der Waals surface area contributed by atoms with E-state index in [1.807, 2.05) is 0 Å². The second-order valence-electron chi connectivity index (χ2n) is 5.55. The van der Waals surface area contributed by atoms with Gasteiger partial charge in [0.05, 0.1) is 13.2 Å². The first kappa shape index (κ1) is 19.8. The van der Waals surface area contributed by atoms with Gasteiger partial charge in [-0.25, -0.2) is 0 Å². The zero-order chi connectivity index (χ0) is 18.1. The van der Waals surface area contributed by atoms with Crippen LogP contribution in [0.1, 0.15) is 44.9 Å². The number of methoxy groups -OCH3 is 1. The summed E-state index contributed by atoms with van der Waals surface area (Å²) in [5.41, 5.74) is 0.601. The highest BCUT2D eigenvalue weighted by Gasteiger charge is 2.29. The predicted molar refractivity (Wildman–Crippen MR) is 84.2 cm³/mol. The predicted octanol–water partition coefficient (Wildman–Crippen LogP) is 1.34. The molecule has 2 N–H and O–H groups in total. The molecular weight excluding hydrogens is 316 g/mol. The fourth-order valence-electron chi connectivity index (χ4n) is 2.43. The van der Waals surface area contributed by atoms with Crippen LogP contribution >= 0.6 is 0 Å². The number of carboxylic acid groups (broad SMARTS) is 1. The van der Waals surface area contributed by atoms with E-state index in [2.05, 4.69) is 4.74 Å². The number of aliphatic carboxylic acids is 1. The highest BCUT2D eigenvalue weighted by Crippen LogP contribution is 2.28. The van der Waals surface area contributed by atoms with Crippen molar-refractivity contribution in [3.8, 4) is 0 Å². The zero-order valence-electron chi connectivity index (χ0n) is 13.6. The van der Waals surface area contributed by atoms with Crippen molar-refractivity contribution in [1.29, 1.82) is 0 Å². The van der Waals surface area contributed by atoms with Crippen molar-refractivity contribution in [2.24, 2.45) is 0 Å². The number of ketones is 2. The molecule has 132 valence electrons. The molecule has 1 atom stereocenters. The Labute approximate surface area is 140 Å². The van der Waals surface area contributed by atoms with E-state index in [-0.39, 0.29) is 55.2 Å². The molecule has 0 aromatic rings. The molecule has 1 unspecified atom stereocenters. The summed E-state index contributed by atoms with van der Waals surface area (Å²) in [6.45, 7) is 0. The van der Waals surface area contributed by atoms with Gasteiger partial charge in [-0.3, -0.25) is 19.2 Å². The third kappa shape index (κ3) is 6.45. The highest BCUT2D eigenvalue weighted by molar-refractivity contribution is 6.01. The molecule has 0 bridgehead atoms. The van der Waals surface area contributed by atoms with Crippen LogP contribution in [-0.2, 0) is 23.9 Å². The zero-order valence-corrected chi connectivity index (χ0v) is 13.6. The Hall–Kier alpha value is -2.28. The van der Waals surface area contributed by atoms with Gasteiger partial charge in [-0.15, -0.1) is 0 Å². The van der Waals surface area contributed by atoms with Crippen molar-refractivity contribution in [2.45, 2.75) is 51.0 Å². The quantitative estimate of drug-likeness (QED) is 0.350. The number of carbonyl (C=O) groups is 4. The van der Waals surface area contributed by atoms with Crippen LogP contribution in [0.4, 0.5) is 0 Å². The molecule has 0 heterocycles. The number of esters is 1. The van der Waals surface area contributed by atoms with Crippen molar-refractivity contribution in [3.63, 3.8) is 0 Å². The molecule has 0 amide bonds. The van der Waals surface area contributed by atoms with Gasteiger partial charge in [-0.1, -0.05) is 6.08 Å². The van der Waals surface area contributed by atoms with E-state index in [0.29, 0.717) is 18.4 Å². The number of Topliss-reactive ketones (excluding diaryl/α,β-unsaturated/α-hetero) is 1. The molecule has 7 heteroatoms. The van der Waals surface area contributed by atoms with E-state index in [1.54, 1.807) is 0 Å². The number of carboxylic acids is 1. The van der Waals surface area contributed by atoms with E-state index in [0.717, 1.165) is 0 Å². The topological polar surface area (TPSA) is 118 Å². The molecule has 0 radical (unpaired) electrons. The number of unbranched alkanes of at least 4 members (excludes halogenated alkanes) is 1. The molecule has 1 aliphatic carbocycles. The standard InChI is InChI=1S/C17H22O7/c1-24-17(23)5-3-2-4-11(18)6-7-12-13(8-9-16(21)22)15(20)10-14(12)19/h6-7,14,19H,2-5,8-10H2,1H3,(H,21,22). The summed E-state index contributed by atoms with van der Waals surface area (Å²) in [4.78, 5) is 45.1. The number of carbonyl (C=O) groups excluding carboxylic acids is 3. The molecule has 0 spiro atoms. The number of hydrogen-bond donors (Lipinski definition) is 2. The fraction of sp³-hybridized carbons (Fsp3) is 0.529. The first-order chi connectivity index (χ1) is 11.3. The van der Waals surface area contributed by atoms with Crippen LogP contribution in [0.2, 0.25) is 0 Å². The van der Waals surface area contributed by atoms with Crippen LogP contribution in [0, 0.1) is 0 Å². The van der Waals surface area contributed by atoms with Crippen LogP contribution in [-0.4, -0.2) is 46.9 Å². The molecule has 1 rings (SSSR count). The van der Waals surface area contributed by atoms with Crippen LogP contribution < -0.4 is 0 Å². The summed E-state index contributed by atoms with van der Waals surface area (Å²) in [5.74, 6) is -1.81. The smallest absolute Gasteiger partial charge is 0.305 e. The lowest BCUT2D eigenvalue weighted by molar-refractivity contribution is -0.141. The van der Waals surface area contributed by atoms with Crippen molar-refractivity contribution in [3.05, 3.63) is 23.3 Å². The van der Waals surface area contributed by atoms with Crippen LogP contribution in [0.3, 0.4) is 0 Å². The number of aliphatic hydroxyl groups is 1. The Morgan fingerprint density at radius 3 is 2.50 bits per heavy atom. The molecule has 1 aliphatic rings. The van der Waals surface area contributed by atoms with Crippen molar-refractivity contribution in [1.82, 2.24) is 0 Å². The minimum atomic E-state index is -1.03. The van der Waals surface area contributed by atoms with Crippen molar-refractivity contribution in [2.75, 3.05) is 7.11 Å². The highest BCUT2D eigenvalue weighted by atomic mass is 16.5. The van der Waals surface area contributed by atoms with Gasteiger partial charge in [-0.05, 0) is 30.9 Å². The summed E-state index contributed by atoms with van der Waals surface area (Å²) in [7, 11) is 1.31. The maximum atomic E-state index is 11.8. The van der Waals surface area contributed by atoms with Crippen LogP contribution in [0.5, 0.6) is 0 Å². The van der Waals surface area contributed by atoms with E-state index < -0.39 is 12.1 Å². The largest absolute Gasteiger partial charge is 0.481 e. The Morgan fingerprint density at radius 1 is 1.21 bits per heavy atom. The number of aliphatic hydroxyl groups excluding tert-OH is 1. The van der Waals surface area contributed by atoms with Crippen LogP contribution in [0.15, 0.2) is 23.3 Å². The number of ether oxygens (including phenoxy) is 1. The number of hydrogen-bond acceptors (Lipinski definition) is 6. The number of allylic oxidation sites excluding steroid dienone is 2. The van der Waals surface area contributed by atoms with E-state index in [4.69, 9.17) is 5.11 Å². The van der Waals surface area contributed by atoms with Gasteiger partial charge >= 0.3 is 11.9 Å². The first-order valence-electron chi connectivity index (χ1n) is 7.79. The lowest BCUT2D eigenvalue weighted by Gasteiger charge is -2.04. The molecule has 24 heavy (non-hydrogen) atoms. The van der Waals surface area contributed by atoms with E-state index >= 15 is 0 Å². The minimum Gasteiger partial charge on any atom is -0.481 e. The van der Waals surface area contributed by atoms with Gasteiger partial charge in [0.25, 0.3) is 0 Å². The number of rotatable bonds is 10. The lowest BCUT2D eigenvalue weighted by atomic mass is 10.0. The third-order valence-electron chi connectivity index (χ3n) is 3.74.